The Kier molecular flexibility index (Phi) is 4.99. The first kappa shape index (κ1) is 15.1. The number of pyridine rings is 1. The summed E-state index contributed by atoms with van der Waals surface area (Å²) >= 11 is 0. The molecule has 2 rings (SSSR count). The largest absolute Gasteiger partial charge is 0.337 e. The first-order chi connectivity index (χ1) is 10.1. The zero-order chi connectivity index (χ0) is 15.2. The Labute approximate surface area is 123 Å². The van der Waals surface area contributed by atoms with Gasteiger partial charge < -0.3 is 15.2 Å². The van der Waals surface area contributed by atoms with Gasteiger partial charge in [-0.25, -0.2) is 0 Å². The normalized spacial score (nSPS) is 12.1. The molecule has 0 aliphatic heterocycles. The molecule has 112 valence electrons. The zero-order valence-corrected chi connectivity index (χ0v) is 12.2. The van der Waals surface area contributed by atoms with Crippen LogP contribution in [0, 0.1) is 0 Å². The van der Waals surface area contributed by atoms with Crippen molar-refractivity contribution >= 4 is 5.91 Å². The Balaban J connectivity index is 2.01. The minimum Gasteiger partial charge on any atom is -0.337 e. The van der Waals surface area contributed by atoms with Crippen LogP contribution in [0.15, 0.2) is 29.0 Å². The molecule has 1 atom stereocenters. The van der Waals surface area contributed by atoms with Crippen molar-refractivity contribution in [2.24, 2.45) is 5.73 Å². The fourth-order valence-corrected chi connectivity index (χ4v) is 1.93. The highest BCUT2D eigenvalue weighted by Gasteiger charge is 2.19. The summed E-state index contributed by atoms with van der Waals surface area (Å²) in [7, 11) is 1.67. The smallest absolute Gasteiger partial charge is 0.246 e. The maximum absolute atomic E-state index is 12.0. The van der Waals surface area contributed by atoms with E-state index in [0.29, 0.717) is 18.1 Å². The first-order valence-corrected chi connectivity index (χ1v) is 6.85. The van der Waals surface area contributed by atoms with Crippen LogP contribution < -0.4 is 5.73 Å². The summed E-state index contributed by atoms with van der Waals surface area (Å²) < 4.78 is 5.16. The van der Waals surface area contributed by atoms with Gasteiger partial charge in [0, 0.05) is 25.0 Å². The number of hydrogen-bond donors (Lipinski definition) is 1. The molecule has 0 aromatic carbocycles. The Bertz CT molecular complexity index is 584. The van der Waals surface area contributed by atoms with Gasteiger partial charge in [-0.05, 0) is 18.6 Å². The lowest BCUT2D eigenvalue weighted by Crippen LogP contribution is -2.41. The Hall–Kier alpha value is -2.28. The molecule has 1 amide bonds. The lowest BCUT2D eigenvalue weighted by Gasteiger charge is -2.19. The van der Waals surface area contributed by atoms with Gasteiger partial charge in [0.05, 0.1) is 12.6 Å². The number of amides is 1. The summed E-state index contributed by atoms with van der Waals surface area (Å²) in [4.78, 5) is 21.8. The van der Waals surface area contributed by atoms with Gasteiger partial charge >= 0.3 is 0 Å². The number of nitrogens with two attached hydrogens (primary N) is 1. The molecule has 2 N–H and O–H groups in total. The van der Waals surface area contributed by atoms with Gasteiger partial charge in [-0.2, -0.15) is 4.98 Å². The molecule has 0 radical (unpaired) electrons. The van der Waals surface area contributed by atoms with E-state index in [2.05, 4.69) is 15.1 Å². The average Bonchev–Trinajstić information content (AvgIpc) is 2.96. The summed E-state index contributed by atoms with van der Waals surface area (Å²) in [6.07, 6.45) is 4.85. The molecule has 21 heavy (non-hydrogen) atoms. The fourth-order valence-electron chi connectivity index (χ4n) is 1.93. The second-order valence-corrected chi connectivity index (χ2v) is 4.84. The summed E-state index contributed by atoms with van der Waals surface area (Å²) in [5.74, 6) is 0.697. The van der Waals surface area contributed by atoms with Gasteiger partial charge in [-0.3, -0.25) is 9.78 Å². The van der Waals surface area contributed by atoms with Gasteiger partial charge in [0.2, 0.25) is 17.6 Å². The van der Waals surface area contributed by atoms with E-state index in [-0.39, 0.29) is 12.5 Å². The molecular weight excluding hydrogens is 270 g/mol. The van der Waals surface area contributed by atoms with Crippen LogP contribution in [0.4, 0.5) is 0 Å². The van der Waals surface area contributed by atoms with Gasteiger partial charge in [-0.1, -0.05) is 18.5 Å². The molecule has 0 aliphatic carbocycles. The quantitative estimate of drug-likeness (QED) is 0.858. The monoisotopic (exact) mass is 289 g/mol. The Morgan fingerprint density at radius 3 is 3.00 bits per heavy atom. The molecule has 0 saturated carbocycles. The number of aromatic nitrogens is 3. The van der Waals surface area contributed by atoms with Crippen molar-refractivity contribution in [3.8, 4) is 11.4 Å². The molecule has 2 heterocycles. The number of hydrogen-bond acceptors (Lipinski definition) is 6. The third-order valence-electron chi connectivity index (χ3n) is 3.05. The summed E-state index contributed by atoms with van der Waals surface area (Å²) in [6, 6.07) is 3.15. The SMILES string of the molecule is CCCC(N)C(=O)N(C)Cc1nc(-c2cccnc2)no1. The van der Waals surface area contributed by atoms with Crippen LogP contribution in [0.2, 0.25) is 0 Å². The van der Waals surface area contributed by atoms with E-state index >= 15 is 0 Å². The van der Waals surface area contributed by atoms with Crippen molar-refractivity contribution in [3.63, 3.8) is 0 Å². The predicted molar refractivity (Wildman–Crippen MR) is 76.9 cm³/mol. The molecule has 2 aromatic heterocycles. The van der Waals surface area contributed by atoms with Gasteiger partial charge in [0.15, 0.2) is 0 Å². The lowest BCUT2D eigenvalue weighted by atomic mass is 10.1. The summed E-state index contributed by atoms with van der Waals surface area (Å²) in [6.45, 7) is 2.23. The molecule has 0 saturated heterocycles. The van der Waals surface area contributed by atoms with Gasteiger partial charge in [0.1, 0.15) is 0 Å². The van der Waals surface area contributed by atoms with Crippen LogP contribution in [-0.2, 0) is 11.3 Å². The van der Waals surface area contributed by atoms with Crippen molar-refractivity contribution in [3.05, 3.63) is 30.4 Å². The third-order valence-corrected chi connectivity index (χ3v) is 3.05. The number of carbonyl (C=O) groups is 1. The fraction of sp³-hybridized carbons (Fsp3) is 0.429. The van der Waals surface area contributed by atoms with Gasteiger partial charge in [0.25, 0.3) is 0 Å². The Morgan fingerprint density at radius 1 is 1.52 bits per heavy atom. The van der Waals surface area contributed by atoms with Gasteiger partial charge in [-0.15, -0.1) is 0 Å². The molecule has 0 bridgehead atoms. The van der Waals surface area contributed by atoms with E-state index in [1.54, 1.807) is 25.5 Å². The van der Waals surface area contributed by atoms with Crippen molar-refractivity contribution in [2.75, 3.05) is 7.05 Å². The molecule has 1 unspecified atom stereocenters. The summed E-state index contributed by atoms with van der Waals surface area (Å²) in [5.41, 5.74) is 6.58. The van der Waals surface area contributed by atoms with E-state index in [0.717, 1.165) is 12.0 Å². The second-order valence-electron chi connectivity index (χ2n) is 4.84. The van der Waals surface area contributed by atoms with Crippen molar-refractivity contribution in [1.82, 2.24) is 20.0 Å². The zero-order valence-electron chi connectivity index (χ0n) is 12.2. The van der Waals surface area contributed by atoms with Crippen LogP contribution in [-0.4, -0.2) is 39.0 Å². The number of rotatable bonds is 6. The van der Waals surface area contributed by atoms with Crippen LogP contribution >= 0.6 is 0 Å². The molecular formula is C14H19N5O2. The highest BCUT2D eigenvalue weighted by Crippen LogP contribution is 2.14. The molecule has 0 aliphatic rings. The maximum Gasteiger partial charge on any atom is 0.246 e. The van der Waals surface area contributed by atoms with Crippen LogP contribution in [0.1, 0.15) is 25.7 Å². The van der Waals surface area contributed by atoms with Crippen LogP contribution in [0.25, 0.3) is 11.4 Å². The van der Waals surface area contributed by atoms with E-state index in [1.165, 1.54) is 4.90 Å². The average molecular weight is 289 g/mol. The molecule has 7 heteroatoms. The number of nitrogens with zero attached hydrogens (tertiary/aromatic N) is 4. The van der Waals surface area contributed by atoms with Crippen LogP contribution in [0.3, 0.4) is 0 Å². The maximum atomic E-state index is 12.0. The van der Waals surface area contributed by atoms with E-state index in [9.17, 15) is 4.79 Å². The highest BCUT2D eigenvalue weighted by atomic mass is 16.5. The number of carbonyl (C=O) groups excluding carboxylic acids is 1. The molecule has 2 aromatic rings. The topological polar surface area (TPSA) is 98.1 Å². The van der Waals surface area contributed by atoms with Crippen molar-refractivity contribution < 1.29 is 9.32 Å². The van der Waals surface area contributed by atoms with E-state index in [1.807, 2.05) is 13.0 Å². The lowest BCUT2D eigenvalue weighted by molar-refractivity contribution is -0.132. The first-order valence-electron chi connectivity index (χ1n) is 6.85. The molecule has 7 nitrogen and oxygen atoms in total. The second kappa shape index (κ2) is 6.94. The van der Waals surface area contributed by atoms with E-state index in [4.69, 9.17) is 10.3 Å². The molecule has 0 fully saturated rings. The third kappa shape index (κ3) is 3.85. The standard InChI is InChI=1S/C14H19N5O2/c1-3-5-11(15)14(20)19(2)9-12-17-13(18-21-12)10-6-4-7-16-8-10/h4,6-8,11H,3,5,9,15H2,1-2H3. The Morgan fingerprint density at radius 2 is 2.33 bits per heavy atom. The molecule has 0 spiro atoms. The minimum absolute atomic E-state index is 0.127. The van der Waals surface area contributed by atoms with E-state index < -0.39 is 6.04 Å². The van der Waals surface area contributed by atoms with Crippen LogP contribution in [0.5, 0.6) is 0 Å². The summed E-state index contributed by atoms with van der Waals surface area (Å²) in [5, 5.41) is 3.88. The van der Waals surface area contributed by atoms with Crippen molar-refractivity contribution in [1.29, 1.82) is 0 Å². The highest BCUT2D eigenvalue weighted by molar-refractivity contribution is 5.81. The predicted octanol–water partition coefficient (Wildman–Crippen LogP) is 1.22. The minimum atomic E-state index is -0.485. The number of likely N-dealkylation sites (N-methyl/N-ethyl adjacent to an activating group) is 1. The van der Waals surface area contributed by atoms with Crippen molar-refractivity contribution in [2.45, 2.75) is 32.4 Å².